The molecule has 0 aliphatic carbocycles. The summed E-state index contributed by atoms with van der Waals surface area (Å²) in [5.41, 5.74) is -0.104. The molecule has 0 saturated carbocycles. The van der Waals surface area contributed by atoms with Gasteiger partial charge in [-0.15, -0.1) is 0 Å². The van der Waals surface area contributed by atoms with Gasteiger partial charge in [-0.25, -0.2) is 13.2 Å². The van der Waals surface area contributed by atoms with E-state index in [1.807, 2.05) is 0 Å². The maximum absolute atomic E-state index is 12.4. The molecule has 118 valence electrons. The zero-order valence-corrected chi connectivity index (χ0v) is 12.2. The molecular weight excluding hydrogens is 326 g/mol. The lowest BCUT2D eigenvalue weighted by Crippen LogP contribution is -2.14. The number of anilines is 1. The van der Waals surface area contributed by atoms with Crippen molar-refractivity contribution in [2.45, 2.75) is 4.90 Å². The van der Waals surface area contributed by atoms with Crippen LogP contribution < -0.4 is 10.5 Å². The minimum Gasteiger partial charge on any atom is -0.408 e. The number of nitrogens with one attached hydrogen (secondary N) is 2. The van der Waals surface area contributed by atoms with Gasteiger partial charge in [0.1, 0.15) is 5.69 Å². The van der Waals surface area contributed by atoms with Gasteiger partial charge in [-0.05, 0) is 24.3 Å². The molecule has 9 nitrogen and oxygen atoms in total. The van der Waals surface area contributed by atoms with Crippen LogP contribution in [-0.4, -0.2) is 18.3 Å². The zero-order valence-electron chi connectivity index (χ0n) is 11.3. The van der Waals surface area contributed by atoms with Gasteiger partial charge in [-0.3, -0.25) is 19.8 Å². The first-order chi connectivity index (χ1) is 10.9. The van der Waals surface area contributed by atoms with E-state index in [4.69, 9.17) is 4.42 Å². The predicted molar refractivity (Wildman–Crippen MR) is 80.7 cm³/mol. The van der Waals surface area contributed by atoms with Crippen molar-refractivity contribution >= 4 is 32.5 Å². The molecule has 2 aromatic carbocycles. The molecule has 3 rings (SSSR count). The van der Waals surface area contributed by atoms with Crippen molar-refractivity contribution < 1.29 is 17.8 Å². The molecule has 0 aliphatic heterocycles. The van der Waals surface area contributed by atoms with E-state index in [2.05, 4.69) is 9.71 Å². The van der Waals surface area contributed by atoms with E-state index >= 15 is 0 Å². The number of aromatic amines is 1. The number of para-hydroxylation sites is 2. The average Bonchev–Trinajstić information content (AvgIpc) is 2.86. The van der Waals surface area contributed by atoms with Crippen molar-refractivity contribution in [2.24, 2.45) is 0 Å². The van der Waals surface area contributed by atoms with Crippen LogP contribution in [0, 0.1) is 10.1 Å². The fourth-order valence-electron chi connectivity index (χ4n) is 2.02. The molecule has 0 bridgehead atoms. The van der Waals surface area contributed by atoms with Gasteiger partial charge in [0.05, 0.1) is 15.3 Å². The third-order valence-electron chi connectivity index (χ3n) is 3.05. The molecular formula is C13H9N3O6S. The van der Waals surface area contributed by atoms with E-state index in [0.717, 1.165) is 0 Å². The Kier molecular flexibility index (Phi) is 3.37. The molecule has 0 saturated heterocycles. The molecule has 0 spiro atoms. The summed E-state index contributed by atoms with van der Waals surface area (Å²) in [6.07, 6.45) is 0. The molecule has 1 heterocycles. The zero-order chi connectivity index (χ0) is 16.6. The Balaban J connectivity index is 2.04. The standard InChI is InChI=1S/C13H9N3O6S/c17-13-14-10-7-8(5-6-12(10)22-13)23(20,21)15-9-3-1-2-4-11(9)16(18)19/h1-7,15H,(H,14,17). The normalized spacial score (nSPS) is 11.5. The van der Waals surface area contributed by atoms with Crippen LogP contribution in [0.3, 0.4) is 0 Å². The molecule has 1 aromatic heterocycles. The highest BCUT2D eigenvalue weighted by Gasteiger charge is 2.21. The van der Waals surface area contributed by atoms with E-state index in [1.54, 1.807) is 0 Å². The van der Waals surface area contributed by atoms with Crippen LogP contribution in [0.1, 0.15) is 0 Å². The number of rotatable bonds is 4. The first-order valence-electron chi connectivity index (χ1n) is 6.26. The van der Waals surface area contributed by atoms with Gasteiger partial charge in [-0.1, -0.05) is 12.1 Å². The van der Waals surface area contributed by atoms with Crippen LogP contribution in [0.5, 0.6) is 0 Å². The summed E-state index contributed by atoms with van der Waals surface area (Å²) in [6, 6.07) is 9.14. The van der Waals surface area contributed by atoms with Crippen molar-refractivity contribution in [2.75, 3.05) is 4.72 Å². The third-order valence-corrected chi connectivity index (χ3v) is 4.41. The highest BCUT2D eigenvalue weighted by Crippen LogP contribution is 2.26. The number of nitrogens with zero attached hydrogens (tertiary/aromatic N) is 1. The molecule has 0 aliphatic rings. The number of nitro groups is 1. The summed E-state index contributed by atoms with van der Waals surface area (Å²) in [5.74, 6) is -0.707. The Labute approximate surface area is 128 Å². The lowest BCUT2D eigenvalue weighted by Gasteiger charge is -2.08. The van der Waals surface area contributed by atoms with Crippen molar-refractivity contribution in [3.63, 3.8) is 0 Å². The topological polar surface area (TPSA) is 135 Å². The van der Waals surface area contributed by atoms with E-state index in [1.165, 1.54) is 42.5 Å². The van der Waals surface area contributed by atoms with Gasteiger partial charge in [0, 0.05) is 6.07 Å². The van der Waals surface area contributed by atoms with Gasteiger partial charge in [0.25, 0.3) is 15.7 Å². The maximum Gasteiger partial charge on any atom is 0.417 e. The molecule has 0 radical (unpaired) electrons. The molecule has 23 heavy (non-hydrogen) atoms. The molecule has 2 N–H and O–H groups in total. The SMILES string of the molecule is O=c1[nH]c2cc(S(=O)(=O)Nc3ccccc3[N+](=O)[O-])ccc2o1. The van der Waals surface area contributed by atoms with Crippen molar-refractivity contribution in [1.82, 2.24) is 4.98 Å². The monoisotopic (exact) mass is 335 g/mol. The van der Waals surface area contributed by atoms with E-state index in [9.17, 15) is 23.3 Å². The predicted octanol–water partition coefficient (Wildman–Crippen LogP) is 1.83. The molecule has 3 aromatic rings. The van der Waals surface area contributed by atoms with Crippen LogP contribution in [0.15, 0.2) is 56.6 Å². The minimum absolute atomic E-state index is 0.154. The van der Waals surface area contributed by atoms with Crippen LogP contribution in [0.4, 0.5) is 11.4 Å². The van der Waals surface area contributed by atoms with E-state index in [0.29, 0.717) is 0 Å². The second-order valence-electron chi connectivity index (χ2n) is 4.55. The number of sulfonamides is 1. The number of fused-ring (bicyclic) bond motifs is 1. The first-order valence-corrected chi connectivity index (χ1v) is 7.74. The summed E-state index contributed by atoms with van der Waals surface area (Å²) in [5, 5.41) is 10.9. The van der Waals surface area contributed by atoms with Crippen LogP contribution in [0.2, 0.25) is 0 Å². The number of nitro benzene ring substituents is 1. The molecule has 0 atom stereocenters. The van der Waals surface area contributed by atoms with Gasteiger partial charge >= 0.3 is 5.76 Å². The van der Waals surface area contributed by atoms with E-state index < -0.39 is 20.7 Å². The van der Waals surface area contributed by atoms with Gasteiger partial charge in [-0.2, -0.15) is 0 Å². The van der Waals surface area contributed by atoms with Crippen molar-refractivity contribution in [1.29, 1.82) is 0 Å². The summed E-state index contributed by atoms with van der Waals surface area (Å²) in [4.78, 5) is 23.5. The largest absolute Gasteiger partial charge is 0.417 e. The number of oxazole rings is 1. The van der Waals surface area contributed by atoms with Gasteiger partial charge in [0.15, 0.2) is 5.58 Å². The highest BCUT2D eigenvalue weighted by molar-refractivity contribution is 7.92. The molecule has 0 unspecified atom stereocenters. The minimum atomic E-state index is -4.07. The molecule has 0 fully saturated rings. The Morgan fingerprint density at radius 1 is 1.17 bits per heavy atom. The van der Waals surface area contributed by atoms with Crippen molar-refractivity contribution in [3.05, 3.63) is 63.1 Å². The number of hydrogen-bond acceptors (Lipinski definition) is 6. The van der Waals surface area contributed by atoms with Gasteiger partial charge in [0.2, 0.25) is 0 Å². The molecule has 0 amide bonds. The van der Waals surface area contributed by atoms with Crippen LogP contribution in [-0.2, 0) is 10.0 Å². The number of hydrogen-bond donors (Lipinski definition) is 2. The van der Waals surface area contributed by atoms with Crippen LogP contribution in [0.25, 0.3) is 11.1 Å². The van der Waals surface area contributed by atoms with E-state index in [-0.39, 0.29) is 27.4 Å². The number of H-pyrrole nitrogens is 1. The number of aromatic nitrogens is 1. The summed E-state index contributed by atoms with van der Waals surface area (Å²) >= 11 is 0. The fourth-order valence-corrected chi connectivity index (χ4v) is 3.12. The van der Waals surface area contributed by atoms with Crippen molar-refractivity contribution in [3.8, 4) is 0 Å². The Hall–Kier alpha value is -3.14. The van der Waals surface area contributed by atoms with Gasteiger partial charge < -0.3 is 4.42 Å². The summed E-state index contributed by atoms with van der Waals surface area (Å²) in [6.45, 7) is 0. The Morgan fingerprint density at radius 2 is 1.91 bits per heavy atom. The highest BCUT2D eigenvalue weighted by atomic mass is 32.2. The second-order valence-corrected chi connectivity index (χ2v) is 6.23. The summed E-state index contributed by atoms with van der Waals surface area (Å²) < 4.78 is 31.7. The third kappa shape index (κ3) is 2.79. The Bertz CT molecular complexity index is 1070. The average molecular weight is 335 g/mol. The van der Waals surface area contributed by atoms with Crippen LogP contribution >= 0.6 is 0 Å². The fraction of sp³-hybridized carbons (Fsp3) is 0. The maximum atomic E-state index is 12.4. The summed E-state index contributed by atoms with van der Waals surface area (Å²) in [7, 11) is -4.07. The Morgan fingerprint density at radius 3 is 2.65 bits per heavy atom. The first kappa shape index (κ1) is 14.8. The lowest BCUT2D eigenvalue weighted by molar-refractivity contribution is -0.383. The lowest BCUT2D eigenvalue weighted by atomic mass is 10.3. The number of benzene rings is 2. The second kappa shape index (κ2) is 5.25. The smallest absolute Gasteiger partial charge is 0.408 e. The molecule has 10 heteroatoms. The quantitative estimate of drug-likeness (QED) is 0.551.